The fourth-order valence-electron chi connectivity index (χ4n) is 2.62. The predicted molar refractivity (Wildman–Crippen MR) is 81.7 cm³/mol. The van der Waals surface area contributed by atoms with Gasteiger partial charge < -0.3 is 14.6 Å². The molecule has 1 saturated heterocycles. The van der Waals surface area contributed by atoms with Crippen molar-refractivity contribution in [3.8, 4) is 0 Å². The summed E-state index contributed by atoms with van der Waals surface area (Å²) in [6.45, 7) is 8.46. The molecule has 120 valence electrons. The second-order valence-corrected chi connectivity index (χ2v) is 7.87. The van der Waals surface area contributed by atoms with Gasteiger partial charge in [0.25, 0.3) is 0 Å². The SMILES string of the molecule is CCn1cc(S(=O)(=O)N2CCOC(C)(C)C2)cc1CNC. The average molecular weight is 315 g/mol. The Morgan fingerprint density at radius 1 is 1.43 bits per heavy atom. The lowest BCUT2D eigenvalue weighted by molar-refractivity contribution is -0.0640. The highest BCUT2D eigenvalue weighted by molar-refractivity contribution is 7.89. The first kappa shape index (κ1) is 16.5. The van der Waals surface area contributed by atoms with E-state index in [1.54, 1.807) is 12.3 Å². The fraction of sp³-hybridized carbons (Fsp3) is 0.714. The Balaban J connectivity index is 2.31. The van der Waals surface area contributed by atoms with Crippen LogP contribution in [0.1, 0.15) is 26.5 Å². The first-order valence-electron chi connectivity index (χ1n) is 7.28. The second-order valence-electron chi connectivity index (χ2n) is 5.93. The first-order chi connectivity index (χ1) is 9.80. The van der Waals surface area contributed by atoms with Crippen molar-refractivity contribution >= 4 is 10.0 Å². The van der Waals surface area contributed by atoms with Gasteiger partial charge in [0.2, 0.25) is 10.0 Å². The standard InChI is InChI=1S/C14H25N3O3S/c1-5-16-10-13(8-12(16)9-15-4)21(18,19)17-6-7-20-14(2,3)11-17/h8,10,15H,5-7,9,11H2,1-4H3. The average Bonchev–Trinajstić information content (AvgIpc) is 2.82. The van der Waals surface area contributed by atoms with Gasteiger partial charge in [0.05, 0.1) is 12.2 Å². The molecule has 1 N–H and O–H groups in total. The van der Waals surface area contributed by atoms with Crippen molar-refractivity contribution in [1.82, 2.24) is 14.2 Å². The Morgan fingerprint density at radius 3 is 2.71 bits per heavy atom. The van der Waals surface area contributed by atoms with Crippen molar-refractivity contribution in [2.75, 3.05) is 26.7 Å². The third-order valence-electron chi connectivity index (χ3n) is 3.69. The Morgan fingerprint density at radius 2 is 2.14 bits per heavy atom. The van der Waals surface area contributed by atoms with Gasteiger partial charge in [0, 0.05) is 38.1 Å². The van der Waals surface area contributed by atoms with Crippen LogP contribution in [0.5, 0.6) is 0 Å². The molecule has 1 aromatic heterocycles. The van der Waals surface area contributed by atoms with E-state index < -0.39 is 15.6 Å². The van der Waals surface area contributed by atoms with E-state index in [9.17, 15) is 8.42 Å². The van der Waals surface area contributed by atoms with Gasteiger partial charge in [-0.2, -0.15) is 4.31 Å². The van der Waals surface area contributed by atoms with Crippen LogP contribution in [-0.4, -0.2) is 49.6 Å². The summed E-state index contributed by atoms with van der Waals surface area (Å²) in [4.78, 5) is 0.368. The van der Waals surface area contributed by atoms with Crippen molar-refractivity contribution < 1.29 is 13.2 Å². The fourth-order valence-corrected chi connectivity index (χ4v) is 4.26. The molecule has 1 fully saturated rings. The Kier molecular flexibility index (Phi) is 4.77. The molecule has 0 spiro atoms. The Bertz CT molecular complexity index is 593. The number of hydrogen-bond acceptors (Lipinski definition) is 4. The van der Waals surface area contributed by atoms with Crippen molar-refractivity contribution in [3.63, 3.8) is 0 Å². The molecule has 7 heteroatoms. The van der Waals surface area contributed by atoms with Gasteiger partial charge in [-0.15, -0.1) is 0 Å². The zero-order chi connectivity index (χ0) is 15.7. The van der Waals surface area contributed by atoms with E-state index in [-0.39, 0.29) is 0 Å². The molecule has 0 bridgehead atoms. The summed E-state index contributed by atoms with van der Waals surface area (Å²) in [5.74, 6) is 0. The molecule has 21 heavy (non-hydrogen) atoms. The predicted octanol–water partition coefficient (Wildman–Crippen LogP) is 1.03. The van der Waals surface area contributed by atoms with Crippen LogP contribution in [0, 0.1) is 0 Å². The number of aryl methyl sites for hydroxylation is 1. The van der Waals surface area contributed by atoms with E-state index in [1.165, 1.54) is 4.31 Å². The van der Waals surface area contributed by atoms with Crippen LogP contribution in [0.25, 0.3) is 0 Å². The molecule has 0 saturated carbocycles. The molecular weight excluding hydrogens is 290 g/mol. The van der Waals surface area contributed by atoms with Gasteiger partial charge in [-0.25, -0.2) is 8.42 Å². The summed E-state index contributed by atoms with van der Waals surface area (Å²) in [5.41, 5.74) is 0.540. The molecule has 2 rings (SSSR count). The van der Waals surface area contributed by atoms with Gasteiger partial charge in [-0.05, 0) is 33.9 Å². The van der Waals surface area contributed by atoms with Crippen molar-refractivity contribution in [2.45, 2.75) is 44.4 Å². The minimum absolute atomic E-state index is 0.368. The monoisotopic (exact) mass is 315 g/mol. The van der Waals surface area contributed by atoms with Gasteiger partial charge in [0.1, 0.15) is 4.90 Å². The van der Waals surface area contributed by atoms with E-state index in [2.05, 4.69) is 5.32 Å². The van der Waals surface area contributed by atoms with E-state index in [0.29, 0.717) is 31.1 Å². The first-order valence-corrected chi connectivity index (χ1v) is 8.72. The number of nitrogens with one attached hydrogen (secondary N) is 1. The van der Waals surface area contributed by atoms with Crippen LogP contribution >= 0.6 is 0 Å². The van der Waals surface area contributed by atoms with Gasteiger partial charge in [0.15, 0.2) is 0 Å². The third kappa shape index (κ3) is 3.48. The van der Waals surface area contributed by atoms with E-state index in [0.717, 1.165) is 12.2 Å². The maximum absolute atomic E-state index is 12.8. The van der Waals surface area contributed by atoms with Crippen LogP contribution in [0.15, 0.2) is 17.2 Å². The number of aromatic nitrogens is 1. The summed E-state index contributed by atoms with van der Waals surface area (Å²) in [5, 5.41) is 3.07. The molecule has 1 aliphatic heterocycles. The van der Waals surface area contributed by atoms with Gasteiger partial charge in [-0.1, -0.05) is 0 Å². The Hall–Kier alpha value is -0.890. The molecule has 1 aliphatic rings. The van der Waals surface area contributed by atoms with Crippen LogP contribution in [-0.2, 0) is 27.8 Å². The quantitative estimate of drug-likeness (QED) is 0.881. The zero-order valence-electron chi connectivity index (χ0n) is 13.2. The van der Waals surface area contributed by atoms with E-state index in [4.69, 9.17) is 4.74 Å². The third-order valence-corrected chi connectivity index (χ3v) is 5.50. The highest BCUT2D eigenvalue weighted by Crippen LogP contribution is 2.25. The van der Waals surface area contributed by atoms with Crippen LogP contribution in [0.4, 0.5) is 0 Å². The number of morpholine rings is 1. The normalized spacial score (nSPS) is 19.8. The molecule has 2 heterocycles. The summed E-state index contributed by atoms with van der Waals surface area (Å²) < 4.78 is 34.7. The number of sulfonamides is 1. The highest BCUT2D eigenvalue weighted by Gasteiger charge is 2.35. The minimum atomic E-state index is -3.46. The van der Waals surface area contributed by atoms with Gasteiger partial charge >= 0.3 is 0 Å². The van der Waals surface area contributed by atoms with Crippen LogP contribution in [0.3, 0.4) is 0 Å². The summed E-state index contributed by atoms with van der Waals surface area (Å²) in [7, 11) is -1.61. The molecule has 6 nitrogen and oxygen atoms in total. The minimum Gasteiger partial charge on any atom is -0.373 e. The lowest BCUT2D eigenvalue weighted by Crippen LogP contribution is -2.50. The maximum Gasteiger partial charge on any atom is 0.244 e. The van der Waals surface area contributed by atoms with Crippen molar-refractivity contribution in [1.29, 1.82) is 0 Å². The highest BCUT2D eigenvalue weighted by atomic mass is 32.2. The van der Waals surface area contributed by atoms with Gasteiger partial charge in [-0.3, -0.25) is 0 Å². The molecule has 0 radical (unpaired) electrons. The molecular formula is C14H25N3O3S. The lowest BCUT2D eigenvalue weighted by atomic mass is 10.1. The lowest BCUT2D eigenvalue weighted by Gasteiger charge is -2.37. The second kappa shape index (κ2) is 6.08. The summed E-state index contributed by atoms with van der Waals surface area (Å²) >= 11 is 0. The molecule has 0 amide bonds. The zero-order valence-corrected chi connectivity index (χ0v) is 14.0. The molecule has 0 aliphatic carbocycles. The van der Waals surface area contributed by atoms with E-state index >= 15 is 0 Å². The Labute approximate surface area is 127 Å². The number of nitrogens with zero attached hydrogens (tertiary/aromatic N) is 2. The molecule has 0 aromatic carbocycles. The number of hydrogen-bond donors (Lipinski definition) is 1. The molecule has 1 aromatic rings. The molecule has 0 unspecified atom stereocenters. The van der Waals surface area contributed by atoms with Crippen LogP contribution < -0.4 is 5.32 Å². The maximum atomic E-state index is 12.8. The topological polar surface area (TPSA) is 63.6 Å². The van der Waals surface area contributed by atoms with Crippen LogP contribution in [0.2, 0.25) is 0 Å². The number of rotatable bonds is 5. The summed E-state index contributed by atoms with van der Waals surface area (Å²) in [6, 6.07) is 1.76. The number of ether oxygens (including phenoxy) is 1. The summed E-state index contributed by atoms with van der Waals surface area (Å²) in [6.07, 6.45) is 1.73. The van der Waals surface area contributed by atoms with E-state index in [1.807, 2.05) is 32.4 Å². The van der Waals surface area contributed by atoms with Crippen molar-refractivity contribution in [3.05, 3.63) is 18.0 Å². The largest absolute Gasteiger partial charge is 0.373 e. The molecule has 0 atom stereocenters. The van der Waals surface area contributed by atoms with Crippen molar-refractivity contribution in [2.24, 2.45) is 0 Å². The smallest absolute Gasteiger partial charge is 0.244 e.